The van der Waals surface area contributed by atoms with E-state index in [1.165, 1.54) is 32.1 Å². The van der Waals surface area contributed by atoms with E-state index in [1.54, 1.807) is 0 Å². The second kappa shape index (κ2) is 7.28. The van der Waals surface area contributed by atoms with Gasteiger partial charge in [0.15, 0.2) is 0 Å². The summed E-state index contributed by atoms with van der Waals surface area (Å²) in [5.74, 6) is 1.45. The van der Waals surface area contributed by atoms with Gasteiger partial charge in [-0.2, -0.15) is 0 Å². The van der Waals surface area contributed by atoms with Crippen LogP contribution < -0.4 is 5.32 Å². The summed E-state index contributed by atoms with van der Waals surface area (Å²) in [5, 5.41) is 3.32. The standard InChI is InChI=1S/C16H29NO2/c1-3-12-6-5-7-14(10-12)19-16(18)15-11-13(4-2)8-9-17-15/h12-15,17H,3-11H2,1-2H3. The summed E-state index contributed by atoms with van der Waals surface area (Å²) in [5.41, 5.74) is 0. The molecule has 4 atom stereocenters. The highest BCUT2D eigenvalue weighted by Gasteiger charge is 2.30. The van der Waals surface area contributed by atoms with E-state index in [4.69, 9.17) is 4.74 Å². The van der Waals surface area contributed by atoms with Gasteiger partial charge in [-0.15, -0.1) is 0 Å². The molecule has 1 N–H and O–H groups in total. The smallest absolute Gasteiger partial charge is 0.323 e. The van der Waals surface area contributed by atoms with Crippen LogP contribution in [-0.2, 0) is 9.53 Å². The Balaban J connectivity index is 1.79. The van der Waals surface area contributed by atoms with E-state index < -0.39 is 0 Å². The number of carbonyl (C=O) groups is 1. The zero-order valence-corrected chi connectivity index (χ0v) is 12.5. The predicted octanol–water partition coefficient (Wildman–Crippen LogP) is 3.28. The second-order valence-corrected chi connectivity index (χ2v) is 6.31. The van der Waals surface area contributed by atoms with Gasteiger partial charge in [0.1, 0.15) is 12.1 Å². The largest absolute Gasteiger partial charge is 0.461 e. The third-order valence-corrected chi connectivity index (χ3v) is 4.97. The highest BCUT2D eigenvalue weighted by molar-refractivity contribution is 5.76. The fourth-order valence-corrected chi connectivity index (χ4v) is 3.51. The number of piperidine rings is 1. The molecule has 1 aliphatic carbocycles. The van der Waals surface area contributed by atoms with E-state index in [2.05, 4.69) is 19.2 Å². The van der Waals surface area contributed by atoms with E-state index >= 15 is 0 Å². The highest BCUT2D eigenvalue weighted by Crippen LogP contribution is 2.29. The van der Waals surface area contributed by atoms with Crippen LogP contribution in [0.25, 0.3) is 0 Å². The highest BCUT2D eigenvalue weighted by atomic mass is 16.5. The molecular formula is C16H29NO2. The van der Waals surface area contributed by atoms with Crippen molar-refractivity contribution >= 4 is 5.97 Å². The van der Waals surface area contributed by atoms with Gasteiger partial charge in [0.25, 0.3) is 0 Å². The van der Waals surface area contributed by atoms with Crippen molar-refractivity contribution in [3.8, 4) is 0 Å². The molecule has 3 nitrogen and oxygen atoms in total. The molecule has 2 fully saturated rings. The minimum absolute atomic E-state index is 0.0000898. The third kappa shape index (κ3) is 4.20. The molecule has 2 aliphatic rings. The van der Waals surface area contributed by atoms with Gasteiger partial charge in [-0.1, -0.05) is 33.1 Å². The molecule has 0 bridgehead atoms. The predicted molar refractivity (Wildman–Crippen MR) is 76.9 cm³/mol. The molecule has 19 heavy (non-hydrogen) atoms. The molecule has 0 aromatic rings. The number of rotatable bonds is 4. The van der Waals surface area contributed by atoms with Gasteiger partial charge in [-0.25, -0.2) is 0 Å². The van der Waals surface area contributed by atoms with Crippen molar-refractivity contribution in [2.24, 2.45) is 11.8 Å². The van der Waals surface area contributed by atoms with Gasteiger partial charge in [-0.3, -0.25) is 4.79 Å². The third-order valence-electron chi connectivity index (χ3n) is 4.97. The van der Waals surface area contributed by atoms with Crippen molar-refractivity contribution in [1.82, 2.24) is 5.32 Å². The van der Waals surface area contributed by atoms with Gasteiger partial charge in [0.05, 0.1) is 0 Å². The Morgan fingerprint density at radius 1 is 1.11 bits per heavy atom. The molecule has 0 spiro atoms. The SMILES string of the molecule is CCC1CCCC(OC(=O)C2CC(CC)CCN2)C1. The lowest BCUT2D eigenvalue weighted by Gasteiger charge is -2.32. The molecule has 1 saturated carbocycles. The van der Waals surface area contributed by atoms with E-state index in [9.17, 15) is 4.79 Å². The van der Waals surface area contributed by atoms with Crippen LogP contribution in [0.4, 0.5) is 0 Å². The molecule has 4 unspecified atom stereocenters. The first-order valence-electron chi connectivity index (χ1n) is 8.16. The maximum atomic E-state index is 12.2. The van der Waals surface area contributed by atoms with Crippen molar-refractivity contribution in [2.75, 3.05) is 6.54 Å². The van der Waals surface area contributed by atoms with E-state index in [0.29, 0.717) is 5.92 Å². The fourth-order valence-electron chi connectivity index (χ4n) is 3.51. The molecule has 0 aromatic carbocycles. The van der Waals surface area contributed by atoms with Crippen molar-refractivity contribution in [2.45, 2.75) is 77.4 Å². The van der Waals surface area contributed by atoms with Crippen LogP contribution in [0.15, 0.2) is 0 Å². The first-order chi connectivity index (χ1) is 9.22. The summed E-state index contributed by atoms with van der Waals surface area (Å²) < 4.78 is 5.75. The van der Waals surface area contributed by atoms with E-state index in [1.807, 2.05) is 0 Å². The molecule has 3 heteroatoms. The maximum absolute atomic E-state index is 12.2. The zero-order chi connectivity index (χ0) is 13.7. The molecular weight excluding hydrogens is 238 g/mol. The summed E-state index contributed by atoms with van der Waals surface area (Å²) >= 11 is 0. The van der Waals surface area contributed by atoms with E-state index in [-0.39, 0.29) is 18.1 Å². The summed E-state index contributed by atoms with van der Waals surface area (Å²) in [4.78, 5) is 12.2. The number of esters is 1. The average Bonchev–Trinajstić information content (AvgIpc) is 2.47. The minimum Gasteiger partial charge on any atom is -0.461 e. The molecule has 0 radical (unpaired) electrons. The lowest BCUT2D eigenvalue weighted by Crippen LogP contribution is -2.45. The number of ether oxygens (including phenoxy) is 1. The van der Waals surface area contributed by atoms with Crippen LogP contribution >= 0.6 is 0 Å². The first-order valence-corrected chi connectivity index (χ1v) is 8.16. The minimum atomic E-state index is -0.0549. The lowest BCUT2D eigenvalue weighted by molar-refractivity contribution is -0.155. The zero-order valence-electron chi connectivity index (χ0n) is 12.5. The Labute approximate surface area is 117 Å². The second-order valence-electron chi connectivity index (χ2n) is 6.31. The Hall–Kier alpha value is -0.570. The monoisotopic (exact) mass is 267 g/mol. The van der Waals surface area contributed by atoms with Gasteiger partial charge in [-0.05, 0) is 50.5 Å². The van der Waals surface area contributed by atoms with Crippen molar-refractivity contribution < 1.29 is 9.53 Å². The number of hydrogen-bond acceptors (Lipinski definition) is 3. The van der Waals surface area contributed by atoms with Crippen LogP contribution in [0.5, 0.6) is 0 Å². The molecule has 110 valence electrons. The number of hydrogen-bond donors (Lipinski definition) is 1. The number of nitrogens with one attached hydrogen (secondary N) is 1. The van der Waals surface area contributed by atoms with Crippen LogP contribution in [-0.4, -0.2) is 24.7 Å². The molecule has 1 heterocycles. The Kier molecular flexibility index (Phi) is 5.68. The van der Waals surface area contributed by atoms with E-state index in [0.717, 1.165) is 31.7 Å². The van der Waals surface area contributed by atoms with Gasteiger partial charge in [0.2, 0.25) is 0 Å². The van der Waals surface area contributed by atoms with Crippen LogP contribution in [0, 0.1) is 11.8 Å². The lowest BCUT2D eigenvalue weighted by atomic mass is 9.85. The molecule has 2 rings (SSSR count). The summed E-state index contributed by atoms with van der Waals surface area (Å²) in [6.07, 6.45) is 9.38. The summed E-state index contributed by atoms with van der Waals surface area (Å²) in [6, 6.07) is -0.0549. The van der Waals surface area contributed by atoms with Crippen LogP contribution in [0.1, 0.15) is 65.2 Å². The quantitative estimate of drug-likeness (QED) is 0.794. The normalized spacial score (nSPS) is 35.9. The summed E-state index contributed by atoms with van der Waals surface area (Å²) in [6.45, 7) is 5.41. The average molecular weight is 267 g/mol. The Morgan fingerprint density at radius 2 is 1.84 bits per heavy atom. The molecule has 1 aliphatic heterocycles. The Bertz CT molecular complexity index is 292. The van der Waals surface area contributed by atoms with Crippen molar-refractivity contribution in [3.63, 3.8) is 0 Å². The molecule has 0 aromatic heterocycles. The van der Waals surface area contributed by atoms with Gasteiger partial charge < -0.3 is 10.1 Å². The van der Waals surface area contributed by atoms with Gasteiger partial charge in [0, 0.05) is 0 Å². The van der Waals surface area contributed by atoms with Crippen molar-refractivity contribution in [1.29, 1.82) is 0 Å². The number of carbonyl (C=O) groups excluding carboxylic acids is 1. The Morgan fingerprint density at radius 3 is 2.58 bits per heavy atom. The molecule has 1 saturated heterocycles. The first kappa shape index (κ1) is 14.8. The fraction of sp³-hybridized carbons (Fsp3) is 0.938. The van der Waals surface area contributed by atoms with Crippen molar-refractivity contribution in [3.05, 3.63) is 0 Å². The van der Waals surface area contributed by atoms with Crippen LogP contribution in [0.2, 0.25) is 0 Å². The summed E-state index contributed by atoms with van der Waals surface area (Å²) in [7, 11) is 0. The maximum Gasteiger partial charge on any atom is 0.323 e. The van der Waals surface area contributed by atoms with Gasteiger partial charge >= 0.3 is 5.97 Å². The topological polar surface area (TPSA) is 38.3 Å². The molecule has 0 amide bonds. The van der Waals surface area contributed by atoms with Crippen LogP contribution in [0.3, 0.4) is 0 Å².